The maximum Gasteiger partial charge on any atom is 0.314 e. The van der Waals surface area contributed by atoms with Gasteiger partial charge in [0.25, 0.3) is 0 Å². The SMILES string of the molecule is CCCCC[C@H]1CC[C@H]([C@H]2CC[C@H](CO[C@H]3CC[C@H](C(=O)Oc4cc(F)c(F)c(F)c4)CC3)CC2)CC1. The molecule has 0 spiro atoms. The summed E-state index contributed by atoms with van der Waals surface area (Å²) < 4.78 is 51.2. The number of carbonyl (C=O) groups is 1. The van der Waals surface area contributed by atoms with Crippen molar-refractivity contribution in [2.24, 2.45) is 29.6 Å². The Balaban J connectivity index is 1.09. The van der Waals surface area contributed by atoms with Gasteiger partial charge < -0.3 is 9.47 Å². The number of benzene rings is 1. The molecule has 0 N–H and O–H groups in total. The molecule has 0 unspecified atom stereocenters. The van der Waals surface area contributed by atoms with E-state index in [-0.39, 0.29) is 17.8 Å². The summed E-state index contributed by atoms with van der Waals surface area (Å²) in [6, 6.07) is 1.42. The second kappa shape index (κ2) is 14.0. The molecular formula is C31H45F3O3. The van der Waals surface area contributed by atoms with Gasteiger partial charge in [0, 0.05) is 18.7 Å². The minimum Gasteiger partial charge on any atom is -0.426 e. The van der Waals surface area contributed by atoms with E-state index in [1.54, 1.807) is 0 Å². The molecule has 208 valence electrons. The van der Waals surface area contributed by atoms with E-state index >= 15 is 0 Å². The first kappa shape index (κ1) is 28.4. The summed E-state index contributed by atoms with van der Waals surface area (Å²) in [6.45, 7) is 3.10. The monoisotopic (exact) mass is 522 g/mol. The smallest absolute Gasteiger partial charge is 0.314 e. The van der Waals surface area contributed by atoms with Gasteiger partial charge in [-0.2, -0.15) is 0 Å². The summed E-state index contributed by atoms with van der Waals surface area (Å²) in [6.07, 6.45) is 19.6. The van der Waals surface area contributed by atoms with Crippen molar-refractivity contribution in [3.8, 4) is 5.75 Å². The molecule has 0 radical (unpaired) electrons. The lowest BCUT2D eigenvalue weighted by molar-refractivity contribution is -0.141. The van der Waals surface area contributed by atoms with Gasteiger partial charge in [0.2, 0.25) is 0 Å². The molecule has 3 nitrogen and oxygen atoms in total. The number of halogens is 3. The van der Waals surface area contributed by atoms with E-state index in [4.69, 9.17) is 9.47 Å². The molecule has 3 fully saturated rings. The van der Waals surface area contributed by atoms with Crippen LogP contribution in [0.5, 0.6) is 5.75 Å². The lowest BCUT2D eigenvalue weighted by atomic mass is 9.69. The van der Waals surface area contributed by atoms with E-state index in [9.17, 15) is 18.0 Å². The molecular weight excluding hydrogens is 477 g/mol. The second-order valence-corrected chi connectivity index (χ2v) is 12.0. The molecule has 4 rings (SSSR count). The van der Waals surface area contributed by atoms with Gasteiger partial charge in [-0.05, 0) is 87.9 Å². The van der Waals surface area contributed by atoms with Gasteiger partial charge in [0.05, 0.1) is 12.0 Å². The fraction of sp³-hybridized carbons (Fsp3) is 0.774. The Labute approximate surface area is 220 Å². The van der Waals surface area contributed by atoms with Gasteiger partial charge in [-0.1, -0.05) is 45.4 Å². The quantitative estimate of drug-likeness (QED) is 0.133. The first-order valence-corrected chi connectivity index (χ1v) is 14.9. The second-order valence-electron chi connectivity index (χ2n) is 12.0. The minimum atomic E-state index is -1.56. The number of hydrogen-bond acceptors (Lipinski definition) is 3. The lowest BCUT2D eigenvalue weighted by Gasteiger charge is -2.38. The van der Waals surface area contributed by atoms with E-state index in [2.05, 4.69) is 6.92 Å². The summed E-state index contributed by atoms with van der Waals surface area (Å²) in [4.78, 5) is 12.4. The van der Waals surface area contributed by atoms with E-state index < -0.39 is 23.4 Å². The van der Waals surface area contributed by atoms with Crippen LogP contribution in [0.15, 0.2) is 12.1 Å². The number of carbonyl (C=O) groups excluding carboxylic acids is 1. The lowest BCUT2D eigenvalue weighted by Crippen LogP contribution is -2.31. The normalized spacial score (nSPS) is 30.7. The number of unbranched alkanes of at least 4 members (excludes halogenated alkanes) is 2. The number of hydrogen-bond donors (Lipinski definition) is 0. The standard InChI is InChI=1S/C31H45F3O3/c1-2-3-4-5-21-6-10-23(11-7-21)24-12-8-22(9-13-24)20-36-26-16-14-25(15-17-26)31(35)37-27-18-28(32)30(34)29(33)19-27/h18-19,21-26H,2-17,20H2,1H3/t21-,22-,23-,24-,25-,26-. The van der Waals surface area contributed by atoms with Crippen molar-refractivity contribution in [1.82, 2.24) is 0 Å². The Morgan fingerprint density at radius 1 is 0.784 bits per heavy atom. The third-order valence-corrected chi connectivity index (χ3v) is 9.42. The predicted octanol–water partition coefficient (Wildman–Crippen LogP) is 8.78. The van der Waals surface area contributed by atoms with Crippen LogP contribution in [-0.2, 0) is 9.53 Å². The third-order valence-electron chi connectivity index (χ3n) is 9.42. The number of rotatable bonds is 10. The van der Waals surface area contributed by atoms with Crippen LogP contribution < -0.4 is 4.74 Å². The third kappa shape index (κ3) is 8.21. The maximum atomic E-state index is 13.4. The van der Waals surface area contributed by atoms with Gasteiger partial charge >= 0.3 is 5.97 Å². The summed E-state index contributed by atoms with van der Waals surface area (Å²) in [5.74, 6) is -1.93. The Hall–Kier alpha value is -1.56. The number of esters is 1. The zero-order valence-corrected chi connectivity index (χ0v) is 22.5. The van der Waals surface area contributed by atoms with Crippen LogP contribution in [0.1, 0.15) is 110 Å². The van der Waals surface area contributed by atoms with E-state index in [1.165, 1.54) is 77.0 Å². The molecule has 0 amide bonds. The van der Waals surface area contributed by atoms with Crippen LogP contribution in [0.2, 0.25) is 0 Å². The van der Waals surface area contributed by atoms with Crippen LogP contribution in [-0.4, -0.2) is 18.7 Å². The summed E-state index contributed by atoms with van der Waals surface area (Å²) in [5, 5.41) is 0. The van der Waals surface area contributed by atoms with Crippen molar-refractivity contribution < 1.29 is 27.4 Å². The summed E-state index contributed by atoms with van der Waals surface area (Å²) in [5.41, 5.74) is 0. The zero-order valence-electron chi connectivity index (χ0n) is 22.5. The van der Waals surface area contributed by atoms with Crippen LogP contribution in [0.3, 0.4) is 0 Å². The van der Waals surface area contributed by atoms with Gasteiger partial charge in [-0.3, -0.25) is 4.79 Å². The van der Waals surface area contributed by atoms with E-state index in [0.717, 1.165) is 37.2 Å². The van der Waals surface area contributed by atoms with E-state index in [1.807, 2.05) is 0 Å². The highest BCUT2D eigenvalue weighted by molar-refractivity contribution is 5.75. The number of ether oxygens (including phenoxy) is 2. The van der Waals surface area contributed by atoms with Gasteiger partial charge in [0.15, 0.2) is 17.5 Å². The van der Waals surface area contributed by atoms with Crippen molar-refractivity contribution in [2.75, 3.05) is 6.61 Å². The Morgan fingerprint density at radius 3 is 1.92 bits per heavy atom. The first-order valence-electron chi connectivity index (χ1n) is 14.9. The van der Waals surface area contributed by atoms with Crippen LogP contribution in [0.4, 0.5) is 13.2 Å². The van der Waals surface area contributed by atoms with Crippen molar-refractivity contribution in [3.05, 3.63) is 29.6 Å². The molecule has 1 aromatic rings. The largest absolute Gasteiger partial charge is 0.426 e. The fourth-order valence-corrected chi connectivity index (χ4v) is 6.99. The molecule has 0 heterocycles. The molecule has 0 bridgehead atoms. The predicted molar refractivity (Wildman–Crippen MR) is 139 cm³/mol. The molecule has 37 heavy (non-hydrogen) atoms. The molecule has 0 aromatic heterocycles. The topological polar surface area (TPSA) is 35.5 Å². The summed E-state index contributed by atoms with van der Waals surface area (Å²) >= 11 is 0. The molecule has 6 heteroatoms. The van der Waals surface area contributed by atoms with Gasteiger partial charge in [0.1, 0.15) is 5.75 Å². The van der Waals surface area contributed by atoms with Crippen LogP contribution in [0, 0.1) is 47.0 Å². The Kier molecular flexibility index (Phi) is 10.8. The minimum absolute atomic E-state index is 0.158. The molecule has 1 aromatic carbocycles. The van der Waals surface area contributed by atoms with E-state index in [0.29, 0.717) is 30.9 Å². The zero-order chi connectivity index (χ0) is 26.2. The Morgan fingerprint density at radius 2 is 1.35 bits per heavy atom. The van der Waals surface area contributed by atoms with Gasteiger partial charge in [-0.15, -0.1) is 0 Å². The summed E-state index contributed by atoms with van der Waals surface area (Å²) in [7, 11) is 0. The van der Waals surface area contributed by atoms with Crippen LogP contribution in [0.25, 0.3) is 0 Å². The van der Waals surface area contributed by atoms with Crippen molar-refractivity contribution >= 4 is 5.97 Å². The average Bonchev–Trinajstić information content (AvgIpc) is 2.91. The molecule has 3 aliphatic carbocycles. The molecule has 0 saturated heterocycles. The fourth-order valence-electron chi connectivity index (χ4n) is 6.99. The molecule has 3 aliphatic rings. The van der Waals surface area contributed by atoms with Crippen molar-refractivity contribution in [2.45, 2.75) is 116 Å². The Bertz CT molecular complexity index is 828. The maximum absolute atomic E-state index is 13.4. The van der Waals surface area contributed by atoms with Crippen molar-refractivity contribution in [1.29, 1.82) is 0 Å². The molecule has 0 aliphatic heterocycles. The molecule has 0 atom stereocenters. The highest BCUT2D eigenvalue weighted by Gasteiger charge is 2.32. The first-order chi connectivity index (χ1) is 17.9. The van der Waals surface area contributed by atoms with Gasteiger partial charge in [-0.25, -0.2) is 13.2 Å². The van der Waals surface area contributed by atoms with Crippen LogP contribution >= 0.6 is 0 Å². The molecule has 3 saturated carbocycles. The van der Waals surface area contributed by atoms with Crippen molar-refractivity contribution in [3.63, 3.8) is 0 Å². The average molecular weight is 523 g/mol. The highest BCUT2D eigenvalue weighted by Crippen LogP contribution is 2.42. The highest BCUT2D eigenvalue weighted by atomic mass is 19.2.